The van der Waals surface area contributed by atoms with E-state index in [1.54, 1.807) is 0 Å². The molecule has 2 unspecified atom stereocenters. The Hall–Kier alpha value is -0.886. The van der Waals surface area contributed by atoms with Crippen molar-refractivity contribution in [1.29, 1.82) is 0 Å². The normalized spacial score (nSPS) is 28.0. The number of aryl methyl sites for hydroxylation is 1. The number of quaternary nitrogens is 1. The Morgan fingerprint density at radius 1 is 1.04 bits per heavy atom. The van der Waals surface area contributed by atoms with Crippen molar-refractivity contribution in [3.63, 3.8) is 0 Å². The number of hydrogen-bond donors (Lipinski definition) is 1. The second kappa shape index (κ2) is 6.20. The van der Waals surface area contributed by atoms with E-state index in [0.29, 0.717) is 11.8 Å². The molecule has 2 aliphatic heterocycles. The van der Waals surface area contributed by atoms with Crippen LogP contribution in [0.3, 0.4) is 0 Å². The van der Waals surface area contributed by atoms with Crippen LogP contribution in [0.15, 0.2) is 36.6 Å². The summed E-state index contributed by atoms with van der Waals surface area (Å²) in [7, 11) is 0. The van der Waals surface area contributed by atoms with Gasteiger partial charge in [0.25, 0.3) is 0 Å². The fraction of sp³-hybridized carbons (Fsp3) is 0.500. The predicted octanol–water partition coefficient (Wildman–Crippen LogP) is 5.25. The third-order valence-corrected chi connectivity index (χ3v) is 5.19. The number of allylic oxidation sites excluding steroid dienone is 2. The van der Waals surface area contributed by atoms with Gasteiger partial charge in [-0.25, -0.2) is 0 Å². The van der Waals surface area contributed by atoms with Gasteiger partial charge in [0.15, 0.2) is 5.69 Å². The van der Waals surface area contributed by atoms with Gasteiger partial charge in [-0.2, -0.15) is 4.59 Å². The average Bonchev–Trinajstić information content (AvgIpc) is 3.16. The van der Waals surface area contributed by atoms with E-state index < -0.39 is 0 Å². The van der Waals surface area contributed by atoms with Crippen LogP contribution >= 0.6 is 0 Å². The van der Waals surface area contributed by atoms with Crippen LogP contribution in [0, 0.1) is 6.92 Å². The molecule has 0 aliphatic carbocycles. The second-order valence-corrected chi connectivity index (χ2v) is 7.41. The quantitative estimate of drug-likeness (QED) is 0.444. The minimum atomic E-state index is 0. The molecule has 23 heavy (non-hydrogen) atoms. The first kappa shape index (κ1) is 18.5. The molecule has 0 amide bonds. The molecule has 2 atom stereocenters. The first-order valence-corrected chi connectivity index (χ1v) is 8.57. The zero-order valence-corrected chi connectivity index (χ0v) is 16.1. The third kappa shape index (κ3) is 2.63. The third-order valence-electron chi connectivity index (χ3n) is 5.19. The molecule has 2 nitrogen and oxygen atoms in total. The van der Waals surface area contributed by atoms with Crippen molar-refractivity contribution in [2.45, 2.75) is 65.5 Å². The monoisotopic (exact) mass is 355 g/mol. The fourth-order valence-electron chi connectivity index (χ4n) is 3.90. The van der Waals surface area contributed by atoms with Crippen molar-refractivity contribution < 1.29 is 16.5 Å². The molecule has 0 aromatic heterocycles. The van der Waals surface area contributed by atoms with Gasteiger partial charge >= 0.3 is 0 Å². The van der Waals surface area contributed by atoms with E-state index in [-0.39, 0.29) is 22.2 Å². The van der Waals surface area contributed by atoms with Gasteiger partial charge in [-0.1, -0.05) is 51.7 Å². The summed E-state index contributed by atoms with van der Waals surface area (Å²) < 4.78 is 0.793. The van der Waals surface area contributed by atoms with Crippen LogP contribution in [0.5, 0.6) is 0 Å². The van der Waals surface area contributed by atoms with Crippen LogP contribution in [0.4, 0.5) is 5.69 Å². The summed E-state index contributed by atoms with van der Waals surface area (Å²) in [5.74, 6) is 1.05. The van der Waals surface area contributed by atoms with E-state index in [1.807, 2.05) is 0 Å². The molecule has 3 heteroatoms. The Balaban J connectivity index is 0.00000192. The molecule has 0 radical (unpaired) electrons. The molecule has 1 fully saturated rings. The first-order chi connectivity index (χ1) is 10.4. The minimum Gasteiger partial charge on any atom is -0.157 e. The minimum absolute atomic E-state index is 0. The molecule has 3 rings (SSSR count). The topological polar surface area (TPSA) is 21.9 Å². The van der Waals surface area contributed by atoms with Crippen molar-refractivity contribution in [2.75, 3.05) is 0 Å². The smallest absolute Gasteiger partial charge is 0.157 e. The SMILES string of the molecule is CCC12C=CC=C[N+]1(c1c(C(C)C)cc(C)cc1C(C)C)N2.[Ni]. The van der Waals surface area contributed by atoms with Crippen LogP contribution in [-0.4, -0.2) is 5.66 Å². The van der Waals surface area contributed by atoms with E-state index in [4.69, 9.17) is 0 Å². The van der Waals surface area contributed by atoms with Gasteiger partial charge in [0.1, 0.15) is 6.20 Å². The molecule has 1 aromatic carbocycles. The van der Waals surface area contributed by atoms with Crippen LogP contribution in [-0.2, 0) is 16.5 Å². The number of fused-ring (bicyclic) bond motifs is 1. The van der Waals surface area contributed by atoms with E-state index in [9.17, 15) is 0 Å². The van der Waals surface area contributed by atoms with Gasteiger partial charge in [0.05, 0.1) is 0 Å². The number of nitrogens with one attached hydrogen (secondary N) is 1. The number of rotatable bonds is 4. The van der Waals surface area contributed by atoms with Crippen molar-refractivity contribution in [2.24, 2.45) is 0 Å². The molecule has 128 valence electrons. The summed E-state index contributed by atoms with van der Waals surface area (Å²) in [5, 5.41) is 0. The van der Waals surface area contributed by atoms with Crippen molar-refractivity contribution in [3.05, 3.63) is 53.3 Å². The summed E-state index contributed by atoms with van der Waals surface area (Å²) in [6, 6.07) is 4.76. The number of benzene rings is 1. The average molecular weight is 356 g/mol. The Morgan fingerprint density at radius 2 is 1.61 bits per heavy atom. The maximum atomic E-state index is 3.80. The molecule has 0 spiro atoms. The van der Waals surface area contributed by atoms with Crippen LogP contribution in [0.2, 0.25) is 0 Å². The molecule has 1 saturated heterocycles. The van der Waals surface area contributed by atoms with Gasteiger partial charge in [0.2, 0.25) is 5.66 Å². The molecule has 2 aliphatic rings. The zero-order valence-electron chi connectivity index (χ0n) is 15.1. The van der Waals surface area contributed by atoms with Crippen molar-refractivity contribution in [3.8, 4) is 0 Å². The molecule has 1 N–H and O–H groups in total. The Labute approximate surface area is 151 Å². The fourth-order valence-corrected chi connectivity index (χ4v) is 3.90. The summed E-state index contributed by atoms with van der Waals surface area (Å²) in [6.07, 6.45) is 10.1. The van der Waals surface area contributed by atoms with Crippen LogP contribution in [0.1, 0.15) is 69.6 Å². The van der Waals surface area contributed by atoms with Crippen molar-refractivity contribution >= 4 is 5.69 Å². The van der Waals surface area contributed by atoms with E-state index >= 15 is 0 Å². The Morgan fingerprint density at radius 3 is 2.09 bits per heavy atom. The Kier molecular flexibility index (Phi) is 4.97. The van der Waals surface area contributed by atoms with Gasteiger partial charge in [0, 0.05) is 34.0 Å². The summed E-state index contributed by atoms with van der Waals surface area (Å²) >= 11 is 0. The maximum absolute atomic E-state index is 3.80. The van der Waals surface area contributed by atoms with Gasteiger partial charge in [-0.15, -0.1) is 0 Å². The molecule has 1 aromatic rings. The Bertz CT molecular complexity index is 631. The van der Waals surface area contributed by atoms with Gasteiger partial charge < -0.3 is 0 Å². The van der Waals surface area contributed by atoms with E-state index in [1.165, 1.54) is 22.4 Å². The van der Waals surface area contributed by atoms with E-state index in [2.05, 4.69) is 83.5 Å². The van der Waals surface area contributed by atoms with Gasteiger partial charge in [-0.3, -0.25) is 0 Å². The first-order valence-electron chi connectivity index (χ1n) is 8.57. The standard InChI is InChI=1S/C20H29N2.Ni/c1-7-20-10-8-9-11-22(20,21-20)19-17(14(2)3)12-16(6)13-18(19)15(4)5;/h8-15,21H,7H2,1-6H3;/q+1;. The summed E-state index contributed by atoms with van der Waals surface area (Å²) in [4.78, 5) is 0. The largest absolute Gasteiger partial charge is 0.241 e. The summed E-state index contributed by atoms with van der Waals surface area (Å²) in [6.45, 7) is 13.7. The van der Waals surface area contributed by atoms with Crippen LogP contribution in [0.25, 0.3) is 0 Å². The van der Waals surface area contributed by atoms with Gasteiger partial charge in [-0.05, 0) is 43.0 Å². The molecule has 2 heterocycles. The summed E-state index contributed by atoms with van der Waals surface area (Å²) in [5.41, 5.74) is 9.65. The predicted molar refractivity (Wildman–Crippen MR) is 95.6 cm³/mol. The van der Waals surface area contributed by atoms with E-state index in [0.717, 1.165) is 11.0 Å². The second-order valence-electron chi connectivity index (χ2n) is 7.41. The molecule has 0 saturated carbocycles. The maximum Gasteiger partial charge on any atom is 0.241 e. The number of hydrogen-bond acceptors (Lipinski definition) is 1. The number of nitrogens with zero attached hydrogens (tertiary/aromatic N) is 1. The zero-order chi connectivity index (χ0) is 16.1. The van der Waals surface area contributed by atoms with Crippen LogP contribution < -0.4 is 10.0 Å². The molecular formula is C20H29N2Ni+. The van der Waals surface area contributed by atoms with Crippen molar-refractivity contribution in [1.82, 2.24) is 10.0 Å². The molecular weight excluding hydrogens is 327 g/mol. The molecule has 0 bridgehead atoms.